The monoisotopic (exact) mass is 228 g/mol. The van der Waals surface area contributed by atoms with E-state index in [9.17, 15) is 0 Å². The van der Waals surface area contributed by atoms with Gasteiger partial charge in [-0.15, -0.1) is 0 Å². The van der Waals surface area contributed by atoms with Crippen LogP contribution in [-0.2, 0) is 0 Å². The van der Waals surface area contributed by atoms with Gasteiger partial charge in [0.05, 0.1) is 5.69 Å². The van der Waals surface area contributed by atoms with E-state index in [-0.39, 0.29) is 6.17 Å². The summed E-state index contributed by atoms with van der Waals surface area (Å²) in [5, 5.41) is 8.38. The van der Waals surface area contributed by atoms with Crippen molar-refractivity contribution < 1.29 is 0 Å². The van der Waals surface area contributed by atoms with Gasteiger partial charge in [-0.2, -0.15) is 10.2 Å². The standard InChI is InChI=1S/C13H16N4/c1-17(2)12-8-6-11(7-9-12)15-16-13-5-3-4-10-14-13/h3-4,6-10,13H,5H2,1-2H3. The first-order valence-corrected chi connectivity index (χ1v) is 5.62. The molecule has 0 aromatic heterocycles. The minimum absolute atomic E-state index is 0.0616. The van der Waals surface area contributed by atoms with Crippen LogP contribution < -0.4 is 4.90 Å². The van der Waals surface area contributed by atoms with E-state index in [1.807, 2.05) is 50.5 Å². The van der Waals surface area contributed by atoms with Crippen LogP contribution in [0.5, 0.6) is 0 Å². The Morgan fingerprint density at radius 1 is 1.24 bits per heavy atom. The van der Waals surface area contributed by atoms with E-state index in [0.29, 0.717) is 0 Å². The number of hydrogen-bond donors (Lipinski definition) is 0. The first-order valence-electron chi connectivity index (χ1n) is 5.62. The molecule has 0 saturated heterocycles. The van der Waals surface area contributed by atoms with E-state index >= 15 is 0 Å². The molecular formula is C13H16N4. The summed E-state index contributed by atoms with van der Waals surface area (Å²) in [5.74, 6) is 0. The lowest BCUT2D eigenvalue weighted by Crippen LogP contribution is -2.07. The molecule has 2 rings (SSSR count). The highest BCUT2D eigenvalue weighted by Crippen LogP contribution is 2.19. The van der Waals surface area contributed by atoms with Crippen molar-refractivity contribution in [3.8, 4) is 0 Å². The van der Waals surface area contributed by atoms with E-state index in [1.54, 1.807) is 6.21 Å². The molecule has 0 amide bonds. The molecule has 1 aromatic rings. The van der Waals surface area contributed by atoms with Crippen molar-refractivity contribution in [2.75, 3.05) is 19.0 Å². The normalized spacial score (nSPS) is 18.8. The van der Waals surface area contributed by atoms with Crippen molar-refractivity contribution in [2.45, 2.75) is 12.6 Å². The van der Waals surface area contributed by atoms with Gasteiger partial charge in [0.1, 0.15) is 0 Å². The Morgan fingerprint density at radius 3 is 2.59 bits per heavy atom. The van der Waals surface area contributed by atoms with Crippen LogP contribution in [-0.4, -0.2) is 26.5 Å². The van der Waals surface area contributed by atoms with Gasteiger partial charge in [0, 0.05) is 32.4 Å². The first-order chi connectivity index (χ1) is 8.25. The second-order valence-electron chi connectivity index (χ2n) is 4.07. The Balaban J connectivity index is 2.01. The van der Waals surface area contributed by atoms with Gasteiger partial charge in [-0.3, -0.25) is 4.99 Å². The molecule has 17 heavy (non-hydrogen) atoms. The van der Waals surface area contributed by atoms with E-state index in [2.05, 4.69) is 20.1 Å². The molecule has 0 bridgehead atoms. The van der Waals surface area contributed by atoms with Crippen molar-refractivity contribution in [3.05, 3.63) is 36.4 Å². The SMILES string of the molecule is CN(C)c1ccc(N=NC2CC=CC=N2)cc1. The molecule has 1 aliphatic rings. The maximum Gasteiger partial charge on any atom is 0.164 e. The second-order valence-corrected chi connectivity index (χ2v) is 4.07. The predicted molar refractivity (Wildman–Crippen MR) is 71.3 cm³/mol. The molecule has 1 atom stereocenters. The van der Waals surface area contributed by atoms with Gasteiger partial charge < -0.3 is 4.90 Å². The number of dihydropyridines is 1. The number of benzene rings is 1. The molecule has 1 aliphatic heterocycles. The van der Waals surface area contributed by atoms with Gasteiger partial charge in [0.15, 0.2) is 6.17 Å². The number of azo groups is 1. The summed E-state index contributed by atoms with van der Waals surface area (Å²) < 4.78 is 0. The summed E-state index contributed by atoms with van der Waals surface area (Å²) in [6.45, 7) is 0. The summed E-state index contributed by atoms with van der Waals surface area (Å²) in [6, 6.07) is 7.97. The third-order valence-electron chi connectivity index (χ3n) is 2.50. The van der Waals surface area contributed by atoms with E-state index < -0.39 is 0 Å². The fourth-order valence-electron chi connectivity index (χ4n) is 1.50. The topological polar surface area (TPSA) is 40.3 Å². The Bertz CT molecular complexity index is 443. The van der Waals surface area contributed by atoms with Crippen LogP contribution >= 0.6 is 0 Å². The van der Waals surface area contributed by atoms with Crippen molar-refractivity contribution in [2.24, 2.45) is 15.2 Å². The minimum Gasteiger partial charge on any atom is -0.378 e. The summed E-state index contributed by atoms with van der Waals surface area (Å²) in [5.41, 5.74) is 2.02. The maximum atomic E-state index is 4.21. The molecule has 4 heteroatoms. The third kappa shape index (κ3) is 3.24. The molecule has 1 heterocycles. The zero-order valence-corrected chi connectivity index (χ0v) is 10.1. The second kappa shape index (κ2) is 5.39. The van der Waals surface area contributed by atoms with Gasteiger partial charge in [0.25, 0.3) is 0 Å². The number of nitrogens with zero attached hydrogens (tertiary/aromatic N) is 4. The molecular weight excluding hydrogens is 212 g/mol. The molecule has 0 aliphatic carbocycles. The van der Waals surface area contributed by atoms with E-state index in [4.69, 9.17) is 0 Å². The molecule has 0 N–H and O–H groups in total. The van der Waals surface area contributed by atoms with Crippen LogP contribution in [0.15, 0.2) is 51.6 Å². The molecule has 1 unspecified atom stereocenters. The number of allylic oxidation sites excluding steroid dienone is 1. The van der Waals surface area contributed by atoms with Crippen LogP contribution in [0.25, 0.3) is 0 Å². The van der Waals surface area contributed by atoms with Gasteiger partial charge in [-0.1, -0.05) is 6.08 Å². The number of anilines is 1. The fraction of sp³-hybridized carbons (Fsp3) is 0.308. The Hall–Kier alpha value is -1.97. The van der Waals surface area contributed by atoms with Gasteiger partial charge in [0.2, 0.25) is 0 Å². The average molecular weight is 228 g/mol. The minimum atomic E-state index is -0.0616. The highest BCUT2D eigenvalue weighted by Gasteiger charge is 2.03. The lowest BCUT2D eigenvalue weighted by atomic mass is 10.3. The van der Waals surface area contributed by atoms with Crippen molar-refractivity contribution >= 4 is 17.6 Å². The van der Waals surface area contributed by atoms with Crippen molar-refractivity contribution in [3.63, 3.8) is 0 Å². The Morgan fingerprint density at radius 2 is 2.00 bits per heavy atom. The van der Waals surface area contributed by atoms with E-state index in [0.717, 1.165) is 17.8 Å². The largest absolute Gasteiger partial charge is 0.378 e. The molecule has 0 spiro atoms. The van der Waals surface area contributed by atoms with Crippen molar-refractivity contribution in [1.29, 1.82) is 0 Å². The van der Waals surface area contributed by atoms with Crippen molar-refractivity contribution in [1.82, 2.24) is 0 Å². The molecule has 1 aromatic carbocycles. The lowest BCUT2D eigenvalue weighted by Gasteiger charge is -2.11. The fourth-order valence-corrected chi connectivity index (χ4v) is 1.50. The van der Waals surface area contributed by atoms with Crippen LogP contribution in [0.3, 0.4) is 0 Å². The molecule has 4 nitrogen and oxygen atoms in total. The molecule has 0 saturated carbocycles. The zero-order valence-electron chi connectivity index (χ0n) is 10.1. The van der Waals surface area contributed by atoms with Crippen LogP contribution in [0, 0.1) is 0 Å². The number of rotatable bonds is 3. The smallest absolute Gasteiger partial charge is 0.164 e. The highest BCUT2D eigenvalue weighted by molar-refractivity contribution is 5.72. The Kier molecular flexibility index (Phi) is 3.65. The number of aliphatic imine (C=N–C) groups is 1. The molecule has 88 valence electrons. The zero-order chi connectivity index (χ0) is 12.1. The summed E-state index contributed by atoms with van der Waals surface area (Å²) in [6.07, 6.45) is 6.51. The Labute approximate surface area is 101 Å². The number of hydrogen-bond acceptors (Lipinski definition) is 4. The lowest BCUT2D eigenvalue weighted by molar-refractivity contribution is 0.684. The van der Waals surface area contributed by atoms with Gasteiger partial charge in [-0.05, 0) is 30.3 Å². The predicted octanol–water partition coefficient (Wildman–Crippen LogP) is 3.19. The quantitative estimate of drug-likeness (QED) is 0.732. The van der Waals surface area contributed by atoms with Crippen LogP contribution in [0.1, 0.15) is 6.42 Å². The maximum absolute atomic E-state index is 4.21. The summed E-state index contributed by atoms with van der Waals surface area (Å²) in [7, 11) is 4.03. The van der Waals surface area contributed by atoms with Gasteiger partial charge in [-0.25, -0.2) is 0 Å². The molecule has 0 radical (unpaired) electrons. The third-order valence-corrected chi connectivity index (χ3v) is 2.50. The summed E-state index contributed by atoms with van der Waals surface area (Å²) >= 11 is 0. The highest BCUT2D eigenvalue weighted by atomic mass is 15.2. The van der Waals surface area contributed by atoms with Gasteiger partial charge >= 0.3 is 0 Å². The van der Waals surface area contributed by atoms with Crippen LogP contribution in [0.2, 0.25) is 0 Å². The summed E-state index contributed by atoms with van der Waals surface area (Å²) in [4.78, 5) is 6.26. The average Bonchev–Trinajstić information content (AvgIpc) is 2.38. The first kappa shape index (κ1) is 11.5. The van der Waals surface area contributed by atoms with Crippen LogP contribution in [0.4, 0.5) is 11.4 Å². The molecule has 0 fully saturated rings. The van der Waals surface area contributed by atoms with E-state index in [1.165, 1.54) is 0 Å².